The van der Waals surface area contributed by atoms with E-state index >= 15 is 0 Å². The van der Waals surface area contributed by atoms with Crippen molar-refractivity contribution in [2.24, 2.45) is 5.84 Å². The number of aromatic nitrogens is 2. The lowest BCUT2D eigenvalue weighted by Gasteiger charge is -2.16. The van der Waals surface area contributed by atoms with Gasteiger partial charge in [-0.1, -0.05) is 0 Å². The summed E-state index contributed by atoms with van der Waals surface area (Å²) < 4.78 is 10.6. The molecule has 3 N–H and O–H groups in total. The summed E-state index contributed by atoms with van der Waals surface area (Å²) in [5, 5.41) is 8.08. The predicted octanol–water partition coefficient (Wildman–Crippen LogP) is 1.34. The average molecular weight is 266 g/mol. The van der Waals surface area contributed by atoms with Gasteiger partial charge in [-0.2, -0.15) is 5.10 Å². The fraction of sp³-hybridized carbons (Fsp3) is 0.692. The van der Waals surface area contributed by atoms with Gasteiger partial charge in [-0.15, -0.1) is 5.10 Å². The summed E-state index contributed by atoms with van der Waals surface area (Å²) in [6.45, 7) is 0.910. The molecule has 6 heteroatoms. The van der Waals surface area contributed by atoms with Crippen LogP contribution >= 0.6 is 0 Å². The Kier molecular flexibility index (Phi) is 5.50. The highest BCUT2D eigenvalue weighted by Gasteiger charge is 2.17. The molecule has 0 aromatic carbocycles. The molecule has 1 aliphatic heterocycles. The standard InChI is InChI=1S/C13H22N4O2/c1-18-13-8-7-12(16-17-13)11(15-14)6-2-4-10-5-3-9-19-10/h7-8,10-11,15H,2-6,9,14H2,1H3. The van der Waals surface area contributed by atoms with Gasteiger partial charge < -0.3 is 9.47 Å². The second-order valence-corrected chi connectivity index (χ2v) is 4.79. The van der Waals surface area contributed by atoms with Crippen LogP contribution in [0.15, 0.2) is 12.1 Å². The Balaban J connectivity index is 1.80. The highest BCUT2D eigenvalue weighted by molar-refractivity contribution is 5.13. The Hall–Kier alpha value is -1.24. The fourth-order valence-electron chi connectivity index (χ4n) is 2.36. The summed E-state index contributed by atoms with van der Waals surface area (Å²) in [5.41, 5.74) is 3.64. The maximum atomic E-state index is 5.61. The van der Waals surface area contributed by atoms with Crippen LogP contribution in [-0.4, -0.2) is 30.0 Å². The molecule has 106 valence electrons. The van der Waals surface area contributed by atoms with E-state index in [4.69, 9.17) is 15.3 Å². The van der Waals surface area contributed by atoms with Crippen molar-refractivity contribution in [2.45, 2.75) is 44.2 Å². The topological polar surface area (TPSA) is 82.3 Å². The van der Waals surface area contributed by atoms with Crippen LogP contribution in [0.25, 0.3) is 0 Å². The SMILES string of the molecule is COc1ccc(C(CCCC2CCCO2)NN)nn1. The first kappa shape index (κ1) is 14.2. The molecule has 1 aromatic heterocycles. The van der Waals surface area contributed by atoms with Crippen LogP contribution in [0.1, 0.15) is 43.8 Å². The molecule has 19 heavy (non-hydrogen) atoms. The minimum atomic E-state index is 0.0276. The van der Waals surface area contributed by atoms with E-state index in [0.29, 0.717) is 12.0 Å². The quantitative estimate of drug-likeness (QED) is 0.572. The van der Waals surface area contributed by atoms with E-state index in [1.807, 2.05) is 6.07 Å². The van der Waals surface area contributed by atoms with Gasteiger partial charge in [-0.05, 0) is 38.2 Å². The average Bonchev–Trinajstić information content (AvgIpc) is 2.97. The van der Waals surface area contributed by atoms with Crippen molar-refractivity contribution in [1.29, 1.82) is 0 Å². The Morgan fingerprint density at radius 3 is 3.00 bits per heavy atom. The number of nitrogens with two attached hydrogens (primary N) is 1. The van der Waals surface area contributed by atoms with Gasteiger partial charge >= 0.3 is 0 Å². The molecule has 0 spiro atoms. The molecule has 0 bridgehead atoms. The highest BCUT2D eigenvalue weighted by atomic mass is 16.5. The monoisotopic (exact) mass is 266 g/mol. The van der Waals surface area contributed by atoms with Crippen molar-refractivity contribution in [3.63, 3.8) is 0 Å². The van der Waals surface area contributed by atoms with Gasteiger partial charge in [-0.25, -0.2) is 0 Å². The third-order valence-electron chi connectivity index (χ3n) is 3.47. The number of nitrogens with zero attached hydrogens (tertiary/aromatic N) is 2. The van der Waals surface area contributed by atoms with Gasteiger partial charge in [0.25, 0.3) is 0 Å². The number of methoxy groups -OCH3 is 1. The van der Waals surface area contributed by atoms with Crippen molar-refractivity contribution in [3.8, 4) is 5.88 Å². The molecule has 2 rings (SSSR count). The second-order valence-electron chi connectivity index (χ2n) is 4.79. The molecule has 2 heterocycles. The maximum absolute atomic E-state index is 5.61. The molecule has 0 aliphatic carbocycles. The molecule has 0 saturated carbocycles. The van der Waals surface area contributed by atoms with Gasteiger partial charge in [0.05, 0.1) is 24.9 Å². The zero-order valence-electron chi connectivity index (χ0n) is 11.3. The second kappa shape index (κ2) is 7.37. The Bertz CT molecular complexity index is 365. The Labute approximate surface area is 113 Å². The number of ether oxygens (including phenoxy) is 2. The van der Waals surface area contributed by atoms with Crippen molar-refractivity contribution in [3.05, 3.63) is 17.8 Å². The van der Waals surface area contributed by atoms with E-state index in [9.17, 15) is 0 Å². The van der Waals surface area contributed by atoms with Gasteiger partial charge in [0.15, 0.2) is 0 Å². The van der Waals surface area contributed by atoms with E-state index in [2.05, 4.69) is 15.6 Å². The zero-order valence-corrected chi connectivity index (χ0v) is 11.3. The number of nitrogens with one attached hydrogen (secondary N) is 1. The first-order valence-corrected chi connectivity index (χ1v) is 6.79. The fourth-order valence-corrected chi connectivity index (χ4v) is 2.36. The Morgan fingerprint density at radius 2 is 2.42 bits per heavy atom. The van der Waals surface area contributed by atoms with Crippen molar-refractivity contribution in [1.82, 2.24) is 15.6 Å². The molecular formula is C13H22N4O2. The minimum Gasteiger partial charge on any atom is -0.480 e. The third kappa shape index (κ3) is 4.12. The summed E-state index contributed by atoms with van der Waals surface area (Å²) in [7, 11) is 1.57. The van der Waals surface area contributed by atoms with Crippen LogP contribution < -0.4 is 16.0 Å². The van der Waals surface area contributed by atoms with Gasteiger partial charge in [-0.3, -0.25) is 11.3 Å². The normalized spacial score (nSPS) is 20.4. The smallest absolute Gasteiger partial charge is 0.233 e. The van der Waals surface area contributed by atoms with Crippen molar-refractivity contribution in [2.75, 3.05) is 13.7 Å². The minimum absolute atomic E-state index is 0.0276. The van der Waals surface area contributed by atoms with Gasteiger partial charge in [0.1, 0.15) is 0 Å². The molecule has 1 aromatic rings. The van der Waals surface area contributed by atoms with Crippen molar-refractivity contribution < 1.29 is 9.47 Å². The summed E-state index contributed by atoms with van der Waals surface area (Å²) >= 11 is 0. The van der Waals surface area contributed by atoms with Gasteiger partial charge in [0.2, 0.25) is 5.88 Å². The first-order chi connectivity index (χ1) is 9.33. The van der Waals surface area contributed by atoms with Crippen LogP contribution in [-0.2, 0) is 4.74 Å². The number of hydrogen-bond donors (Lipinski definition) is 2. The maximum Gasteiger partial charge on any atom is 0.233 e. The molecular weight excluding hydrogens is 244 g/mol. The van der Waals surface area contributed by atoms with Crippen LogP contribution in [0.4, 0.5) is 0 Å². The molecule has 2 atom stereocenters. The third-order valence-corrected chi connectivity index (χ3v) is 3.47. The van der Waals surface area contributed by atoms with E-state index in [1.54, 1.807) is 13.2 Å². The summed E-state index contributed by atoms with van der Waals surface area (Å²) in [4.78, 5) is 0. The van der Waals surface area contributed by atoms with E-state index in [0.717, 1.165) is 31.6 Å². The highest BCUT2D eigenvalue weighted by Crippen LogP contribution is 2.22. The number of hydrogen-bond acceptors (Lipinski definition) is 6. The van der Waals surface area contributed by atoms with E-state index in [-0.39, 0.29) is 6.04 Å². The summed E-state index contributed by atoms with van der Waals surface area (Å²) in [6, 6.07) is 3.72. The lowest BCUT2D eigenvalue weighted by molar-refractivity contribution is 0.101. The van der Waals surface area contributed by atoms with Crippen LogP contribution in [0, 0.1) is 0 Å². The summed E-state index contributed by atoms with van der Waals surface area (Å²) in [6.07, 6.45) is 5.88. The lowest BCUT2D eigenvalue weighted by atomic mass is 10.0. The first-order valence-electron chi connectivity index (χ1n) is 6.79. The summed E-state index contributed by atoms with van der Waals surface area (Å²) in [5.74, 6) is 6.10. The number of hydrazine groups is 1. The number of rotatable bonds is 7. The van der Waals surface area contributed by atoms with Crippen LogP contribution in [0.5, 0.6) is 5.88 Å². The van der Waals surface area contributed by atoms with Crippen LogP contribution in [0.2, 0.25) is 0 Å². The largest absolute Gasteiger partial charge is 0.480 e. The zero-order chi connectivity index (χ0) is 13.5. The Morgan fingerprint density at radius 1 is 1.53 bits per heavy atom. The van der Waals surface area contributed by atoms with Gasteiger partial charge in [0, 0.05) is 12.7 Å². The molecule has 6 nitrogen and oxygen atoms in total. The lowest BCUT2D eigenvalue weighted by Crippen LogP contribution is -2.29. The van der Waals surface area contributed by atoms with E-state index < -0.39 is 0 Å². The molecule has 1 aliphatic rings. The molecule has 0 radical (unpaired) electrons. The predicted molar refractivity (Wildman–Crippen MR) is 71.5 cm³/mol. The van der Waals surface area contributed by atoms with Crippen molar-refractivity contribution >= 4 is 0 Å². The molecule has 1 saturated heterocycles. The van der Waals surface area contributed by atoms with E-state index in [1.165, 1.54) is 12.8 Å². The molecule has 1 fully saturated rings. The van der Waals surface area contributed by atoms with Crippen LogP contribution in [0.3, 0.4) is 0 Å². The molecule has 0 amide bonds. The molecule has 2 unspecified atom stereocenters.